The van der Waals surface area contributed by atoms with Crippen LogP contribution in [0, 0.1) is 0 Å². The van der Waals surface area contributed by atoms with Crippen LogP contribution in [-0.4, -0.2) is 34.6 Å². The molecule has 1 aromatic rings. The molecule has 5 heteroatoms. The van der Waals surface area contributed by atoms with E-state index in [0.717, 1.165) is 23.5 Å². The van der Waals surface area contributed by atoms with E-state index >= 15 is 0 Å². The minimum Gasteiger partial charge on any atom is -0.313 e. The molecular formula is C13H20BrNS3. The number of hydrogen-bond donors (Lipinski definition) is 1. The van der Waals surface area contributed by atoms with Crippen LogP contribution >= 0.6 is 50.8 Å². The highest BCUT2D eigenvalue weighted by molar-refractivity contribution is 9.10. The van der Waals surface area contributed by atoms with Gasteiger partial charge in [0.25, 0.3) is 0 Å². The highest BCUT2D eigenvalue weighted by Crippen LogP contribution is 2.34. The van der Waals surface area contributed by atoms with Crippen molar-refractivity contribution in [3.05, 3.63) is 20.8 Å². The second-order valence-corrected chi connectivity index (χ2v) is 9.19. The predicted molar refractivity (Wildman–Crippen MR) is 91.4 cm³/mol. The van der Waals surface area contributed by atoms with Crippen LogP contribution in [0.1, 0.15) is 18.7 Å². The highest BCUT2D eigenvalue weighted by Gasteiger charge is 2.30. The Balaban J connectivity index is 2.02. The Morgan fingerprint density at radius 3 is 2.83 bits per heavy atom. The summed E-state index contributed by atoms with van der Waals surface area (Å²) in [6.07, 6.45) is 1.16. The van der Waals surface area contributed by atoms with E-state index in [9.17, 15) is 0 Å². The van der Waals surface area contributed by atoms with Crippen LogP contribution in [0.2, 0.25) is 0 Å². The summed E-state index contributed by atoms with van der Waals surface area (Å²) in [5.41, 5.74) is 0. The van der Waals surface area contributed by atoms with Gasteiger partial charge in [-0.05, 0) is 35.0 Å². The molecule has 2 heterocycles. The highest BCUT2D eigenvalue weighted by atomic mass is 79.9. The SMILES string of the molecule is CCNC(Cc1cc(Br)cs1)C1SCCSC1C. The van der Waals surface area contributed by atoms with Crippen LogP contribution in [0.5, 0.6) is 0 Å². The minimum absolute atomic E-state index is 0.605. The van der Waals surface area contributed by atoms with Gasteiger partial charge in [-0.2, -0.15) is 23.5 Å². The lowest BCUT2D eigenvalue weighted by molar-refractivity contribution is 0.503. The van der Waals surface area contributed by atoms with Gasteiger partial charge < -0.3 is 5.32 Å². The Hall–Kier alpha value is 0.840. The van der Waals surface area contributed by atoms with Gasteiger partial charge in [0, 0.05) is 42.8 Å². The summed E-state index contributed by atoms with van der Waals surface area (Å²) in [7, 11) is 0. The van der Waals surface area contributed by atoms with Gasteiger partial charge in [-0.1, -0.05) is 13.8 Å². The summed E-state index contributed by atoms with van der Waals surface area (Å²) in [5.74, 6) is 2.61. The fourth-order valence-corrected chi connectivity index (χ4v) is 6.81. The molecule has 1 nitrogen and oxygen atoms in total. The number of thiophene rings is 1. The molecule has 0 saturated carbocycles. The monoisotopic (exact) mass is 365 g/mol. The van der Waals surface area contributed by atoms with E-state index in [1.165, 1.54) is 20.9 Å². The van der Waals surface area contributed by atoms with Crippen molar-refractivity contribution in [3.8, 4) is 0 Å². The Labute approximate surface area is 131 Å². The van der Waals surface area contributed by atoms with E-state index in [0.29, 0.717) is 6.04 Å². The largest absolute Gasteiger partial charge is 0.313 e. The zero-order chi connectivity index (χ0) is 13.0. The first-order valence-electron chi connectivity index (χ1n) is 6.40. The zero-order valence-electron chi connectivity index (χ0n) is 10.8. The van der Waals surface area contributed by atoms with Crippen molar-refractivity contribution in [2.75, 3.05) is 18.1 Å². The number of rotatable bonds is 5. The van der Waals surface area contributed by atoms with E-state index in [1.54, 1.807) is 0 Å². The number of halogens is 1. The molecule has 0 bridgehead atoms. The van der Waals surface area contributed by atoms with Crippen LogP contribution < -0.4 is 5.32 Å². The fraction of sp³-hybridized carbons (Fsp3) is 0.692. The maximum Gasteiger partial charge on any atom is 0.0321 e. The molecule has 0 aromatic carbocycles. The third-order valence-corrected chi connectivity index (χ3v) is 8.11. The first kappa shape index (κ1) is 15.2. The van der Waals surface area contributed by atoms with Crippen molar-refractivity contribution < 1.29 is 0 Å². The molecule has 1 aliphatic heterocycles. The Morgan fingerprint density at radius 1 is 1.44 bits per heavy atom. The van der Waals surface area contributed by atoms with Gasteiger partial charge in [-0.25, -0.2) is 0 Å². The summed E-state index contributed by atoms with van der Waals surface area (Å²) in [4.78, 5) is 1.48. The van der Waals surface area contributed by atoms with Gasteiger partial charge in [-0.15, -0.1) is 11.3 Å². The van der Waals surface area contributed by atoms with Gasteiger partial charge in [0.1, 0.15) is 0 Å². The summed E-state index contributed by atoms with van der Waals surface area (Å²) in [6.45, 7) is 5.66. The normalized spacial score (nSPS) is 26.2. The molecule has 1 aromatic heterocycles. The summed E-state index contributed by atoms with van der Waals surface area (Å²) >= 11 is 9.70. The second-order valence-electron chi connectivity index (χ2n) is 4.51. The topological polar surface area (TPSA) is 12.0 Å². The average molecular weight is 366 g/mol. The zero-order valence-corrected chi connectivity index (χ0v) is 14.9. The lowest BCUT2D eigenvalue weighted by Crippen LogP contribution is -2.45. The van der Waals surface area contributed by atoms with Crippen molar-refractivity contribution in [2.24, 2.45) is 0 Å². The molecule has 0 aliphatic carbocycles. The van der Waals surface area contributed by atoms with Crippen LogP contribution in [0.3, 0.4) is 0 Å². The second kappa shape index (κ2) is 7.58. The van der Waals surface area contributed by atoms with E-state index in [-0.39, 0.29) is 0 Å². The van der Waals surface area contributed by atoms with Crippen molar-refractivity contribution in [2.45, 2.75) is 36.8 Å². The molecule has 102 valence electrons. The molecule has 18 heavy (non-hydrogen) atoms. The minimum atomic E-state index is 0.605. The molecule has 0 spiro atoms. The van der Waals surface area contributed by atoms with E-state index in [2.05, 4.69) is 70.1 Å². The number of thioether (sulfide) groups is 2. The maximum absolute atomic E-state index is 3.70. The van der Waals surface area contributed by atoms with E-state index < -0.39 is 0 Å². The van der Waals surface area contributed by atoms with Gasteiger partial charge in [-0.3, -0.25) is 0 Å². The number of hydrogen-bond acceptors (Lipinski definition) is 4. The maximum atomic E-state index is 3.70. The summed E-state index contributed by atoms with van der Waals surface area (Å²) in [5, 5.41) is 7.38. The third-order valence-electron chi connectivity index (χ3n) is 3.14. The van der Waals surface area contributed by atoms with Gasteiger partial charge in [0.2, 0.25) is 0 Å². The molecule has 0 radical (unpaired) electrons. The van der Waals surface area contributed by atoms with E-state index in [4.69, 9.17) is 0 Å². The van der Waals surface area contributed by atoms with Crippen molar-refractivity contribution in [3.63, 3.8) is 0 Å². The molecular weight excluding hydrogens is 346 g/mol. The van der Waals surface area contributed by atoms with Crippen LogP contribution in [0.25, 0.3) is 0 Å². The number of likely N-dealkylation sites (N-methyl/N-ethyl adjacent to an activating group) is 1. The molecule has 1 aliphatic rings. The molecule has 1 fully saturated rings. The van der Waals surface area contributed by atoms with Crippen molar-refractivity contribution >= 4 is 50.8 Å². The molecule has 0 amide bonds. The Morgan fingerprint density at radius 2 is 2.22 bits per heavy atom. The molecule has 3 atom stereocenters. The first-order valence-corrected chi connectivity index (χ1v) is 10.2. The molecule has 1 N–H and O–H groups in total. The van der Waals surface area contributed by atoms with E-state index in [1.807, 2.05) is 11.3 Å². The standard InChI is InChI=1S/C13H20BrNS3/c1-3-15-12(7-11-6-10(14)8-18-11)13-9(2)16-4-5-17-13/h6,8-9,12-13,15H,3-5,7H2,1-2H3. The lowest BCUT2D eigenvalue weighted by Gasteiger charge is -2.34. The molecule has 3 unspecified atom stereocenters. The summed E-state index contributed by atoms with van der Waals surface area (Å²) < 4.78 is 1.22. The average Bonchev–Trinajstić information content (AvgIpc) is 2.75. The van der Waals surface area contributed by atoms with Crippen molar-refractivity contribution in [1.82, 2.24) is 5.32 Å². The Bertz CT molecular complexity index is 369. The van der Waals surface area contributed by atoms with Gasteiger partial charge >= 0.3 is 0 Å². The molecule has 2 rings (SSSR count). The molecule has 1 saturated heterocycles. The fourth-order valence-electron chi connectivity index (χ4n) is 2.34. The predicted octanol–water partition coefficient (Wildman–Crippen LogP) is 4.27. The van der Waals surface area contributed by atoms with Gasteiger partial charge in [0.05, 0.1) is 0 Å². The van der Waals surface area contributed by atoms with Crippen LogP contribution in [-0.2, 0) is 6.42 Å². The first-order chi connectivity index (χ1) is 8.70. The summed E-state index contributed by atoms with van der Waals surface area (Å²) in [6, 6.07) is 2.87. The number of nitrogens with one attached hydrogen (secondary N) is 1. The van der Waals surface area contributed by atoms with Gasteiger partial charge in [0.15, 0.2) is 0 Å². The third kappa shape index (κ3) is 4.17. The van der Waals surface area contributed by atoms with Crippen molar-refractivity contribution in [1.29, 1.82) is 0 Å². The quantitative estimate of drug-likeness (QED) is 0.836. The lowest BCUT2D eigenvalue weighted by atomic mass is 10.1. The smallest absolute Gasteiger partial charge is 0.0321 e. The Kier molecular flexibility index (Phi) is 6.41. The van der Waals surface area contributed by atoms with Crippen LogP contribution in [0.15, 0.2) is 15.9 Å². The van der Waals surface area contributed by atoms with Crippen LogP contribution in [0.4, 0.5) is 0 Å².